The molecule has 0 spiro atoms. The third kappa shape index (κ3) is 6.36. The quantitative estimate of drug-likeness (QED) is 0.212. The minimum Gasteiger partial charge on any atom is -0.378 e. The van der Waals surface area contributed by atoms with Crippen LogP contribution in [-0.2, 0) is 14.9 Å². The number of carbonyl (C=O) groups excluding carboxylic acids is 1. The van der Waals surface area contributed by atoms with Gasteiger partial charge in [-0.25, -0.2) is 0 Å². The maximum atomic E-state index is 12.5. The van der Waals surface area contributed by atoms with Crippen molar-refractivity contribution < 1.29 is 17.4 Å². The van der Waals surface area contributed by atoms with Crippen LogP contribution in [0.2, 0.25) is 10.0 Å². The fourth-order valence-corrected chi connectivity index (χ4v) is 4.51. The van der Waals surface area contributed by atoms with Crippen molar-refractivity contribution in [3.63, 3.8) is 0 Å². The monoisotopic (exact) mass is 564 g/mol. The van der Waals surface area contributed by atoms with Crippen LogP contribution in [0.4, 0.5) is 5.69 Å². The molecule has 0 unspecified atom stereocenters. The van der Waals surface area contributed by atoms with E-state index < -0.39 is 16.0 Å². The molecule has 168 valence electrons. The summed E-state index contributed by atoms with van der Waals surface area (Å²) >= 11 is 15.2. The van der Waals surface area contributed by atoms with Crippen LogP contribution in [0.25, 0.3) is 6.08 Å². The number of nitrogens with one attached hydrogen (secondary N) is 1. The summed E-state index contributed by atoms with van der Waals surface area (Å²) in [6.45, 7) is 1.85. The molecule has 10 heteroatoms. The van der Waals surface area contributed by atoms with Crippen LogP contribution in [0.3, 0.4) is 0 Å². The van der Waals surface area contributed by atoms with E-state index in [0.717, 1.165) is 5.56 Å². The number of anilines is 1. The highest BCUT2D eigenvalue weighted by atomic mass is 79.9. The number of halogens is 3. The number of carbonyl (C=O) groups is 1. The van der Waals surface area contributed by atoms with Gasteiger partial charge in [-0.05, 0) is 77.0 Å². The zero-order valence-electron chi connectivity index (χ0n) is 17.0. The second kappa shape index (κ2) is 10.4. The Morgan fingerprint density at radius 3 is 2.42 bits per heavy atom. The summed E-state index contributed by atoms with van der Waals surface area (Å²) in [6.07, 6.45) is 1.34. The predicted molar refractivity (Wildman–Crippen MR) is 132 cm³/mol. The van der Waals surface area contributed by atoms with Crippen molar-refractivity contribution in [2.75, 3.05) is 5.32 Å². The molecule has 1 amide bonds. The summed E-state index contributed by atoms with van der Waals surface area (Å²) in [4.78, 5) is 12.5. The van der Waals surface area contributed by atoms with Gasteiger partial charge in [-0.3, -0.25) is 4.79 Å². The van der Waals surface area contributed by atoms with E-state index in [4.69, 9.17) is 27.4 Å². The largest absolute Gasteiger partial charge is 0.378 e. The normalized spacial score (nSPS) is 11.5. The maximum absolute atomic E-state index is 12.5. The molecule has 0 saturated carbocycles. The molecule has 0 aliphatic heterocycles. The first-order valence-electron chi connectivity index (χ1n) is 9.28. The summed E-state index contributed by atoms with van der Waals surface area (Å²) in [5.41, 5.74) is 1.45. The van der Waals surface area contributed by atoms with Crippen molar-refractivity contribution in [3.8, 4) is 11.8 Å². The predicted octanol–water partition coefficient (Wildman–Crippen LogP) is 6.38. The Morgan fingerprint density at radius 2 is 1.79 bits per heavy atom. The van der Waals surface area contributed by atoms with E-state index in [0.29, 0.717) is 15.1 Å². The summed E-state index contributed by atoms with van der Waals surface area (Å²) in [5.74, 6) is -0.624. The van der Waals surface area contributed by atoms with Crippen molar-refractivity contribution in [2.45, 2.75) is 11.8 Å². The Morgan fingerprint density at radius 1 is 1.09 bits per heavy atom. The molecule has 3 aromatic carbocycles. The molecule has 0 radical (unpaired) electrons. The van der Waals surface area contributed by atoms with Gasteiger partial charge in [0, 0.05) is 5.02 Å². The molecular weight excluding hydrogens is 551 g/mol. The lowest BCUT2D eigenvalue weighted by Crippen LogP contribution is -2.13. The number of hydrogen-bond donors (Lipinski definition) is 1. The van der Waals surface area contributed by atoms with E-state index in [-0.39, 0.29) is 26.9 Å². The molecule has 0 aliphatic rings. The number of aryl methyl sites for hydroxylation is 1. The van der Waals surface area contributed by atoms with Crippen LogP contribution in [0.5, 0.6) is 5.75 Å². The van der Waals surface area contributed by atoms with Crippen molar-refractivity contribution >= 4 is 66.9 Å². The third-order valence-electron chi connectivity index (χ3n) is 4.32. The van der Waals surface area contributed by atoms with Gasteiger partial charge in [-0.1, -0.05) is 47.0 Å². The first kappa shape index (κ1) is 24.8. The van der Waals surface area contributed by atoms with Crippen molar-refractivity contribution in [1.82, 2.24) is 0 Å². The Kier molecular flexibility index (Phi) is 7.82. The van der Waals surface area contributed by atoms with Crippen molar-refractivity contribution in [1.29, 1.82) is 5.26 Å². The molecule has 1 N–H and O–H groups in total. The van der Waals surface area contributed by atoms with Crippen LogP contribution in [0.15, 0.2) is 75.6 Å². The highest BCUT2D eigenvalue weighted by molar-refractivity contribution is 9.10. The van der Waals surface area contributed by atoms with Crippen LogP contribution in [0.1, 0.15) is 11.1 Å². The molecule has 3 rings (SSSR count). The average Bonchev–Trinajstić information content (AvgIpc) is 2.76. The van der Waals surface area contributed by atoms with Crippen molar-refractivity contribution in [2.24, 2.45) is 0 Å². The number of benzene rings is 3. The van der Waals surface area contributed by atoms with Gasteiger partial charge >= 0.3 is 10.1 Å². The Balaban J connectivity index is 1.81. The van der Waals surface area contributed by atoms with E-state index in [2.05, 4.69) is 21.2 Å². The number of nitrogens with zero attached hydrogens (tertiary/aromatic N) is 1. The molecular formula is C23H15BrCl2N2O4S. The van der Waals surface area contributed by atoms with Gasteiger partial charge in [-0.2, -0.15) is 13.7 Å². The van der Waals surface area contributed by atoms with E-state index in [1.807, 2.05) is 13.0 Å². The smallest absolute Gasteiger partial charge is 0.339 e. The van der Waals surface area contributed by atoms with E-state index in [1.165, 1.54) is 48.5 Å². The fraction of sp³-hybridized carbons (Fsp3) is 0.0435. The van der Waals surface area contributed by atoms with Gasteiger partial charge in [0.15, 0.2) is 5.75 Å². The zero-order valence-corrected chi connectivity index (χ0v) is 20.9. The van der Waals surface area contributed by atoms with Gasteiger partial charge in [0.05, 0.1) is 15.2 Å². The molecule has 0 saturated heterocycles. The van der Waals surface area contributed by atoms with Crippen LogP contribution >= 0.6 is 39.1 Å². The minimum absolute atomic E-state index is 0.0205. The standard InChI is InChI=1S/C23H15BrCl2N2O4S/c1-14-2-6-18(7-3-14)33(30,31)32-22-9-4-15(11-19(22)24)10-16(13-27)23(29)28-21-12-17(25)5-8-20(21)26/h2-12H,1H3,(H,28,29)/b16-10-. The van der Waals surface area contributed by atoms with Gasteiger partial charge in [0.25, 0.3) is 5.91 Å². The van der Waals surface area contributed by atoms with E-state index in [9.17, 15) is 18.5 Å². The molecule has 0 bridgehead atoms. The highest BCUT2D eigenvalue weighted by Gasteiger charge is 2.18. The molecule has 6 nitrogen and oxygen atoms in total. The number of amides is 1. The topological polar surface area (TPSA) is 96.3 Å². The zero-order chi connectivity index (χ0) is 24.2. The first-order valence-corrected chi connectivity index (χ1v) is 12.2. The van der Waals surface area contributed by atoms with Crippen LogP contribution in [0, 0.1) is 18.3 Å². The first-order chi connectivity index (χ1) is 15.6. The number of rotatable bonds is 6. The summed E-state index contributed by atoms with van der Waals surface area (Å²) in [5, 5.41) is 12.6. The average molecular weight is 566 g/mol. The molecule has 3 aromatic rings. The fourth-order valence-electron chi connectivity index (χ4n) is 2.64. The minimum atomic E-state index is -4.03. The highest BCUT2D eigenvalue weighted by Crippen LogP contribution is 2.30. The summed E-state index contributed by atoms with van der Waals surface area (Å²) in [7, 11) is -4.03. The SMILES string of the molecule is Cc1ccc(S(=O)(=O)Oc2ccc(/C=C(/C#N)C(=O)Nc3cc(Cl)ccc3Cl)cc2Br)cc1. The molecule has 0 aromatic heterocycles. The lowest BCUT2D eigenvalue weighted by molar-refractivity contribution is -0.112. The Bertz CT molecular complexity index is 1400. The van der Waals surface area contributed by atoms with Gasteiger partial charge in [-0.15, -0.1) is 0 Å². The second-order valence-corrected chi connectivity index (χ2v) is 10.0. The van der Waals surface area contributed by atoms with Crippen LogP contribution in [-0.4, -0.2) is 14.3 Å². The molecule has 0 aliphatic carbocycles. The summed E-state index contributed by atoms with van der Waals surface area (Å²) in [6, 6.07) is 17.1. The molecule has 0 atom stereocenters. The van der Waals surface area contributed by atoms with E-state index in [1.54, 1.807) is 18.2 Å². The Hall–Kier alpha value is -2.83. The summed E-state index contributed by atoms with van der Waals surface area (Å²) < 4.78 is 30.6. The molecule has 33 heavy (non-hydrogen) atoms. The van der Waals surface area contributed by atoms with E-state index >= 15 is 0 Å². The van der Waals surface area contributed by atoms with Gasteiger partial charge in [0.2, 0.25) is 0 Å². The second-order valence-electron chi connectivity index (χ2n) is 6.79. The number of nitriles is 1. The maximum Gasteiger partial charge on any atom is 0.339 e. The molecule has 0 heterocycles. The lowest BCUT2D eigenvalue weighted by Gasteiger charge is -2.10. The van der Waals surface area contributed by atoms with Crippen LogP contribution < -0.4 is 9.50 Å². The van der Waals surface area contributed by atoms with Gasteiger partial charge in [0.1, 0.15) is 16.5 Å². The Labute approximate surface area is 209 Å². The lowest BCUT2D eigenvalue weighted by atomic mass is 10.1. The molecule has 0 fully saturated rings. The third-order valence-corrected chi connectivity index (χ3v) is 6.75. The van der Waals surface area contributed by atoms with Crippen molar-refractivity contribution in [3.05, 3.63) is 91.9 Å². The number of hydrogen-bond acceptors (Lipinski definition) is 5. The van der Waals surface area contributed by atoms with Gasteiger partial charge < -0.3 is 9.50 Å².